The van der Waals surface area contributed by atoms with Crippen molar-refractivity contribution in [2.75, 3.05) is 0 Å². The van der Waals surface area contributed by atoms with Crippen molar-refractivity contribution in [2.24, 2.45) is 5.73 Å². The molecule has 1 aliphatic heterocycles. The molecule has 0 saturated heterocycles. The molecule has 0 radical (unpaired) electrons. The fourth-order valence-electron chi connectivity index (χ4n) is 3.34. The molecule has 2 N–H and O–H groups in total. The van der Waals surface area contributed by atoms with Crippen LogP contribution in [0.3, 0.4) is 0 Å². The lowest BCUT2D eigenvalue weighted by atomic mass is 9.86. The van der Waals surface area contributed by atoms with Gasteiger partial charge in [-0.05, 0) is 30.7 Å². The third-order valence-electron chi connectivity index (χ3n) is 4.56. The molecule has 0 fully saturated rings. The molecule has 1 aromatic carbocycles. The SMILES string of the molecule is Cc1ccc2nc3n(c2n1)C[C@H](N)C(c1cc(F)c(F)cc1F)C3. The van der Waals surface area contributed by atoms with Gasteiger partial charge in [-0.15, -0.1) is 0 Å². The molecule has 0 saturated carbocycles. The molecule has 4 nitrogen and oxygen atoms in total. The van der Waals surface area contributed by atoms with Gasteiger partial charge in [-0.25, -0.2) is 23.1 Å². The van der Waals surface area contributed by atoms with Gasteiger partial charge >= 0.3 is 0 Å². The van der Waals surface area contributed by atoms with Gasteiger partial charge in [0.05, 0.1) is 0 Å². The van der Waals surface area contributed by atoms with Crippen LogP contribution in [0, 0.1) is 24.4 Å². The first-order valence-corrected chi connectivity index (χ1v) is 7.67. The third kappa shape index (κ3) is 2.27. The standard InChI is InChI=1S/C17H15F3N4/c1-8-2-3-15-17(22-8)24-7-14(21)10(5-16(24)23-15)9-4-12(19)13(20)6-11(9)18/h2-4,6,10,14H,5,7,21H2,1H3/t10?,14-/m0/s1. The predicted molar refractivity (Wildman–Crippen MR) is 83.0 cm³/mol. The molecule has 2 atom stereocenters. The van der Waals surface area contributed by atoms with Crippen LogP contribution in [0.2, 0.25) is 0 Å². The number of aromatic nitrogens is 3. The number of halogens is 3. The number of fused-ring (bicyclic) bond motifs is 3. The number of aryl methyl sites for hydroxylation is 1. The summed E-state index contributed by atoms with van der Waals surface area (Å²) in [5, 5.41) is 0. The molecule has 2 aromatic heterocycles. The quantitative estimate of drug-likeness (QED) is 0.697. The Balaban J connectivity index is 1.80. The molecular weight excluding hydrogens is 317 g/mol. The molecule has 1 aliphatic rings. The summed E-state index contributed by atoms with van der Waals surface area (Å²) in [5.74, 6) is -2.81. The Labute approximate surface area is 136 Å². The van der Waals surface area contributed by atoms with Crippen LogP contribution >= 0.6 is 0 Å². The summed E-state index contributed by atoms with van der Waals surface area (Å²) in [7, 11) is 0. The number of hydrogen-bond donors (Lipinski definition) is 1. The summed E-state index contributed by atoms with van der Waals surface area (Å²) in [4.78, 5) is 9.01. The second-order valence-electron chi connectivity index (χ2n) is 6.20. The lowest BCUT2D eigenvalue weighted by molar-refractivity contribution is 0.390. The summed E-state index contributed by atoms with van der Waals surface area (Å²) in [6.45, 7) is 2.28. The number of hydrogen-bond acceptors (Lipinski definition) is 3. The zero-order valence-corrected chi connectivity index (χ0v) is 12.9. The molecule has 3 heterocycles. The first kappa shape index (κ1) is 15.1. The van der Waals surface area contributed by atoms with E-state index < -0.39 is 29.4 Å². The van der Waals surface area contributed by atoms with Gasteiger partial charge in [-0.2, -0.15) is 0 Å². The number of rotatable bonds is 1. The lowest BCUT2D eigenvalue weighted by Gasteiger charge is -2.30. The van der Waals surface area contributed by atoms with Crippen LogP contribution in [0.25, 0.3) is 11.2 Å². The van der Waals surface area contributed by atoms with Gasteiger partial charge in [0.15, 0.2) is 17.3 Å². The first-order valence-electron chi connectivity index (χ1n) is 7.67. The van der Waals surface area contributed by atoms with E-state index in [9.17, 15) is 13.2 Å². The van der Waals surface area contributed by atoms with Crippen LogP contribution in [0.15, 0.2) is 24.3 Å². The van der Waals surface area contributed by atoms with Gasteiger partial charge in [0.2, 0.25) is 0 Å². The Morgan fingerprint density at radius 3 is 2.62 bits per heavy atom. The minimum atomic E-state index is -1.20. The van der Waals surface area contributed by atoms with E-state index in [0.29, 0.717) is 19.0 Å². The first-order chi connectivity index (χ1) is 11.4. The van der Waals surface area contributed by atoms with E-state index in [4.69, 9.17) is 5.73 Å². The molecule has 7 heteroatoms. The third-order valence-corrected chi connectivity index (χ3v) is 4.56. The zero-order chi connectivity index (χ0) is 17.0. The van der Waals surface area contributed by atoms with Gasteiger partial charge in [-0.1, -0.05) is 0 Å². The van der Waals surface area contributed by atoms with Crippen LogP contribution in [-0.4, -0.2) is 20.6 Å². The average molecular weight is 332 g/mol. The zero-order valence-electron chi connectivity index (χ0n) is 12.9. The highest BCUT2D eigenvalue weighted by molar-refractivity contribution is 5.72. The highest BCUT2D eigenvalue weighted by Crippen LogP contribution is 2.33. The van der Waals surface area contributed by atoms with E-state index in [1.165, 1.54) is 0 Å². The molecule has 0 amide bonds. The number of imidazole rings is 1. The van der Waals surface area contributed by atoms with Gasteiger partial charge in [-0.3, -0.25) is 0 Å². The number of nitrogens with two attached hydrogens (primary N) is 1. The van der Waals surface area contributed by atoms with Gasteiger partial charge < -0.3 is 10.3 Å². The smallest absolute Gasteiger partial charge is 0.161 e. The van der Waals surface area contributed by atoms with Crippen LogP contribution in [0.5, 0.6) is 0 Å². The van der Waals surface area contributed by atoms with Crippen molar-refractivity contribution < 1.29 is 13.2 Å². The Hall–Kier alpha value is -2.41. The minimum Gasteiger partial charge on any atom is -0.326 e. The van der Waals surface area contributed by atoms with Crippen molar-refractivity contribution in [2.45, 2.75) is 31.8 Å². The second-order valence-corrected chi connectivity index (χ2v) is 6.20. The largest absolute Gasteiger partial charge is 0.326 e. The normalized spacial score (nSPS) is 20.4. The lowest BCUT2D eigenvalue weighted by Crippen LogP contribution is -2.39. The molecule has 0 aliphatic carbocycles. The summed E-state index contributed by atoms with van der Waals surface area (Å²) in [5.41, 5.74) is 8.65. The van der Waals surface area contributed by atoms with Crippen molar-refractivity contribution in [3.8, 4) is 0 Å². The molecular formula is C17H15F3N4. The molecule has 0 bridgehead atoms. The van der Waals surface area contributed by atoms with Gasteiger partial charge in [0.25, 0.3) is 0 Å². The molecule has 0 spiro atoms. The van der Waals surface area contributed by atoms with E-state index in [1.54, 1.807) is 0 Å². The van der Waals surface area contributed by atoms with E-state index in [0.717, 1.165) is 28.7 Å². The number of pyridine rings is 1. The van der Waals surface area contributed by atoms with E-state index >= 15 is 0 Å². The molecule has 4 rings (SSSR count). The molecule has 3 aromatic rings. The maximum absolute atomic E-state index is 14.1. The van der Waals surface area contributed by atoms with Crippen LogP contribution < -0.4 is 5.73 Å². The Morgan fingerprint density at radius 1 is 1.08 bits per heavy atom. The van der Waals surface area contributed by atoms with Crippen molar-refractivity contribution in [1.29, 1.82) is 0 Å². The fraction of sp³-hybridized carbons (Fsp3) is 0.294. The summed E-state index contributed by atoms with van der Waals surface area (Å²) in [6, 6.07) is 4.77. The van der Waals surface area contributed by atoms with Crippen LogP contribution in [0.1, 0.15) is 23.0 Å². The summed E-state index contributed by atoms with van der Waals surface area (Å²) < 4.78 is 42.7. The van der Waals surface area contributed by atoms with E-state index in [-0.39, 0.29) is 5.56 Å². The van der Waals surface area contributed by atoms with E-state index in [2.05, 4.69) is 9.97 Å². The Bertz CT molecular complexity index is 951. The molecule has 1 unspecified atom stereocenters. The Morgan fingerprint density at radius 2 is 1.83 bits per heavy atom. The predicted octanol–water partition coefficient (Wildman–Crippen LogP) is 2.82. The number of nitrogens with zero attached hydrogens (tertiary/aromatic N) is 3. The summed E-state index contributed by atoms with van der Waals surface area (Å²) >= 11 is 0. The second kappa shape index (κ2) is 5.31. The van der Waals surface area contributed by atoms with Crippen molar-refractivity contribution >= 4 is 11.2 Å². The van der Waals surface area contributed by atoms with E-state index in [1.807, 2.05) is 23.6 Å². The maximum atomic E-state index is 14.1. The van der Waals surface area contributed by atoms with Crippen molar-refractivity contribution in [1.82, 2.24) is 14.5 Å². The van der Waals surface area contributed by atoms with Crippen molar-refractivity contribution in [3.63, 3.8) is 0 Å². The highest BCUT2D eigenvalue weighted by Gasteiger charge is 2.32. The van der Waals surface area contributed by atoms with Crippen LogP contribution in [-0.2, 0) is 13.0 Å². The molecule has 124 valence electrons. The topological polar surface area (TPSA) is 56.7 Å². The average Bonchev–Trinajstić information content (AvgIpc) is 2.87. The van der Waals surface area contributed by atoms with Gasteiger partial charge in [0, 0.05) is 36.7 Å². The number of benzene rings is 1. The summed E-state index contributed by atoms with van der Waals surface area (Å²) in [6.07, 6.45) is 0.346. The monoisotopic (exact) mass is 332 g/mol. The molecule has 24 heavy (non-hydrogen) atoms. The fourth-order valence-corrected chi connectivity index (χ4v) is 3.34. The minimum absolute atomic E-state index is 0.0869. The van der Waals surface area contributed by atoms with Crippen molar-refractivity contribution in [3.05, 3.63) is 58.8 Å². The highest BCUT2D eigenvalue weighted by atomic mass is 19.2. The Kier molecular flexibility index (Phi) is 3.35. The van der Waals surface area contributed by atoms with Gasteiger partial charge in [0.1, 0.15) is 17.2 Å². The van der Waals surface area contributed by atoms with Crippen LogP contribution in [0.4, 0.5) is 13.2 Å². The maximum Gasteiger partial charge on any atom is 0.161 e.